The first kappa shape index (κ1) is 19.9. The van der Waals surface area contributed by atoms with Crippen molar-refractivity contribution in [3.63, 3.8) is 0 Å². The first-order chi connectivity index (χ1) is 13.4. The minimum Gasteiger partial charge on any atom is -0.486 e. The summed E-state index contributed by atoms with van der Waals surface area (Å²) < 4.78 is 7.63. The van der Waals surface area contributed by atoms with E-state index in [-0.39, 0.29) is 11.7 Å². The van der Waals surface area contributed by atoms with Gasteiger partial charge in [0, 0.05) is 12.7 Å². The number of aromatic nitrogens is 3. The molecule has 0 aliphatic rings. The van der Waals surface area contributed by atoms with Crippen LogP contribution in [0.5, 0.6) is 5.75 Å². The van der Waals surface area contributed by atoms with Crippen molar-refractivity contribution >= 4 is 23.4 Å². The van der Waals surface area contributed by atoms with Crippen molar-refractivity contribution in [3.05, 3.63) is 65.0 Å². The molecule has 3 aromatic rings. The maximum Gasteiger partial charge on any atom is 0.234 e. The molecule has 7 heteroatoms. The number of rotatable bonds is 7. The molecule has 2 aromatic carbocycles. The van der Waals surface area contributed by atoms with Crippen molar-refractivity contribution in [2.24, 2.45) is 7.05 Å². The van der Waals surface area contributed by atoms with Crippen LogP contribution in [-0.4, -0.2) is 26.4 Å². The predicted molar refractivity (Wildman–Crippen MR) is 112 cm³/mol. The van der Waals surface area contributed by atoms with Crippen LogP contribution in [0, 0.1) is 20.8 Å². The lowest BCUT2D eigenvalue weighted by Gasteiger charge is -2.09. The second-order valence-corrected chi connectivity index (χ2v) is 7.66. The highest BCUT2D eigenvalue weighted by Crippen LogP contribution is 2.20. The molecule has 28 heavy (non-hydrogen) atoms. The van der Waals surface area contributed by atoms with Gasteiger partial charge in [-0.05, 0) is 50.1 Å². The van der Waals surface area contributed by atoms with E-state index in [1.807, 2.05) is 74.9 Å². The van der Waals surface area contributed by atoms with Crippen LogP contribution in [0.4, 0.5) is 5.69 Å². The second-order valence-electron chi connectivity index (χ2n) is 6.72. The Kier molecular flexibility index (Phi) is 6.36. The van der Waals surface area contributed by atoms with Gasteiger partial charge in [-0.3, -0.25) is 4.79 Å². The molecular formula is C21H24N4O2S. The molecule has 0 saturated carbocycles. The number of carbonyl (C=O) groups excluding carboxylic acids is 1. The number of thioether (sulfide) groups is 1. The highest BCUT2D eigenvalue weighted by Gasteiger charge is 2.13. The van der Waals surface area contributed by atoms with E-state index in [9.17, 15) is 4.79 Å². The lowest BCUT2D eigenvalue weighted by molar-refractivity contribution is -0.113. The first-order valence-electron chi connectivity index (χ1n) is 9.00. The van der Waals surface area contributed by atoms with Crippen molar-refractivity contribution in [2.75, 3.05) is 11.1 Å². The van der Waals surface area contributed by atoms with E-state index in [1.54, 1.807) is 0 Å². The molecule has 0 atom stereocenters. The summed E-state index contributed by atoms with van der Waals surface area (Å²) in [5.74, 6) is 1.69. The minimum absolute atomic E-state index is 0.0717. The maximum absolute atomic E-state index is 12.3. The van der Waals surface area contributed by atoms with Crippen LogP contribution in [0.2, 0.25) is 0 Å². The van der Waals surface area contributed by atoms with Crippen LogP contribution in [0.25, 0.3) is 0 Å². The van der Waals surface area contributed by atoms with E-state index in [0.29, 0.717) is 17.6 Å². The Labute approximate surface area is 169 Å². The number of amides is 1. The molecule has 0 unspecified atom stereocenters. The van der Waals surface area contributed by atoms with Crippen molar-refractivity contribution in [3.8, 4) is 5.75 Å². The molecule has 0 bridgehead atoms. The summed E-state index contributed by atoms with van der Waals surface area (Å²) in [6.07, 6.45) is 0. The van der Waals surface area contributed by atoms with Gasteiger partial charge in [0.05, 0.1) is 5.75 Å². The molecule has 1 aromatic heterocycles. The third-order valence-corrected chi connectivity index (χ3v) is 5.29. The average molecular weight is 397 g/mol. The summed E-state index contributed by atoms with van der Waals surface area (Å²) >= 11 is 1.35. The van der Waals surface area contributed by atoms with Crippen LogP contribution in [-0.2, 0) is 18.4 Å². The third kappa shape index (κ3) is 5.13. The van der Waals surface area contributed by atoms with Crippen molar-refractivity contribution in [2.45, 2.75) is 32.5 Å². The molecule has 0 saturated heterocycles. The predicted octanol–water partition coefficient (Wildman–Crippen LogP) is 4.05. The summed E-state index contributed by atoms with van der Waals surface area (Å²) in [7, 11) is 1.87. The Balaban J connectivity index is 1.54. The van der Waals surface area contributed by atoms with Gasteiger partial charge in [0.2, 0.25) is 5.91 Å². The molecule has 6 nitrogen and oxygen atoms in total. The van der Waals surface area contributed by atoms with E-state index < -0.39 is 0 Å². The van der Waals surface area contributed by atoms with Gasteiger partial charge in [0.1, 0.15) is 12.4 Å². The van der Waals surface area contributed by atoms with E-state index in [0.717, 1.165) is 22.6 Å². The molecule has 0 radical (unpaired) electrons. The highest BCUT2D eigenvalue weighted by molar-refractivity contribution is 7.99. The van der Waals surface area contributed by atoms with Crippen LogP contribution in [0.3, 0.4) is 0 Å². The number of benzene rings is 2. The molecule has 1 heterocycles. The molecule has 1 N–H and O–H groups in total. The van der Waals surface area contributed by atoms with Gasteiger partial charge in [0.15, 0.2) is 11.0 Å². The molecule has 0 spiro atoms. The van der Waals surface area contributed by atoms with Crippen LogP contribution >= 0.6 is 11.8 Å². The van der Waals surface area contributed by atoms with Gasteiger partial charge in [-0.1, -0.05) is 41.6 Å². The van der Waals surface area contributed by atoms with Crippen LogP contribution < -0.4 is 10.1 Å². The van der Waals surface area contributed by atoms with Gasteiger partial charge >= 0.3 is 0 Å². The van der Waals surface area contributed by atoms with Crippen molar-refractivity contribution in [1.29, 1.82) is 0 Å². The first-order valence-corrected chi connectivity index (χ1v) is 9.98. The summed E-state index contributed by atoms with van der Waals surface area (Å²) in [6, 6.07) is 13.8. The highest BCUT2D eigenvalue weighted by atomic mass is 32.2. The fraction of sp³-hybridized carbons (Fsp3) is 0.286. The normalized spacial score (nSPS) is 10.7. The van der Waals surface area contributed by atoms with Crippen molar-refractivity contribution < 1.29 is 9.53 Å². The lowest BCUT2D eigenvalue weighted by Crippen LogP contribution is -2.15. The molecule has 0 fully saturated rings. The largest absolute Gasteiger partial charge is 0.486 e. The molecular weight excluding hydrogens is 372 g/mol. The third-order valence-electron chi connectivity index (χ3n) is 4.27. The van der Waals surface area contributed by atoms with Gasteiger partial charge in [-0.15, -0.1) is 10.2 Å². The minimum atomic E-state index is -0.0717. The van der Waals surface area contributed by atoms with Gasteiger partial charge in [-0.2, -0.15) is 0 Å². The van der Waals surface area contributed by atoms with Gasteiger partial charge in [-0.25, -0.2) is 0 Å². The number of aryl methyl sites for hydroxylation is 3. The molecule has 0 aliphatic carbocycles. The monoisotopic (exact) mass is 396 g/mol. The van der Waals surface area contributed by atoms with Crippen LogP contribution in [0.15, 0.2) is 47.6 Å². The summed E-state index contributed by atoms with van der Waals surface area (Å²) in [5, 5.41) is 12.0. The fourth-order valence-electron chi connectivity index (χ4n) is 2.72. The number of ether oxygens (including phenoxy) is 1. The molecule has 1 amide bonds. The standard InChI is InChI=1S/C21H24N4O2S/c1-14-6-5-7-17(11-14)27-12-19-23-24-21(25(19)4)28-13-20(26)22-18-9-8-15(2)10-16(18)3/h5-11H,12-13H2,1-4H3,(H,22,26). The van der Waals surface area contributed by atoms with Crippen LogP contribution in [0.1, 0.15) is 22.5 Å². The zero-order valence-electron chi connectivity index (χ0n) is 16.5. The number of anilines is 1. The summed E-state index contributed by atoms with van der Waals surface area (Å²) in [4.78, 5) is 12.3. The molecule has 3 rings (SSSR count). The average Bonchev–Trinajstić information content (AvgIpc) is 3.00. The van der Waals surface area contributed by atoms with E-state index in [2.05, 4.69) is 15.5 Å². The number of hydrogen-bond donors (Lipinski definition) is 1. The van der Waals surface area contributed by atoms with Crippen molar-refractivity contribution in [1.82, 2.24) is 14.8 Å². The Bertz CT molecular complexity index is 984. The van der Waals surface area contributed by atoms with E-state index in [4.69, 9.17) is 4.74 Å². The maximum atomic E-state index is 12.3. The van der Waals surface area contributed by atoms with Gasteiger partial charge < -0.3 is 14.6 Å². The Morgan fingerprint density at radius 2 is 1.89 bits per heavy atom. The topological polar surface area (TPSA) is 69.0 Å². The Morgan fingerprint density at radius 3 is 2.64 bits per heavy atom. The zero-order valence-corrected chi connectivity index (χ0v) is 17.3. The van der Waals surface area contributed by atoms with E-state index in [1.165, 1.54) is 17.3 Å². The van der Waals surface area contributed by atoms with E-state index >= 15 is 0 Å². The molecule has 0 aliphatic heterocycles. The number of hydrogen-bond acceptors (Lipinski definition) is 5. The number of nitrogens with zero attached hydrogens (tertiary/aromatic N) is 3. The quantitative estimate of drug-likeness (QED) is 0.610. The smallest absolute Gasteiger partial charge is 0.234 e. The molecule has 146 valence electrons. The number of carbonyl (C=O) groups is 1. The Morgan fingerprint density at radius 1 is 1.11 bits per heavy atom. The van der Waals surface area contributed by atoms with Gasteiger partial charge in [0.25, 0.3) is 0 Å². The Hall–Kier alpha value is -2.80. The SMILES string of the molecule is Cc1cccc(OCc2nnc(SCC(=O)Nc3ccc(C)cc3C)n2C)c1. The second kappa shape index (κ2) is 8.93. The lowest BCUT2D eigenvalue weighted by atomic mass is 10.1. The summed E-state index contributed by atoms with van der Waals surface area (Å²) in [6.45, 7) is 6.36. The number of nitrogens with one attached hydrogen (secondary N) is 1. The fourth-order valence-corrected chi connectivity index (χ4v) is 3.45. The summed E-state index contributed by atoms with van der Waals surface area (Å²) in [5.41, 5.74) is 4.19. The zero-order chi connectivity index (χ0) is 20.1.